The van der Waals surface area contributed by atoms with Crippen molar-refractivity contribution in [1.29, 1.82) is 0 Å². The highest BCUT2D eigenvalue weighted by Crippen LogP contribution is 2.34. The molecule has 2 bridgehead atoms. The van der Waals surface area contributed by atoms with E-state index in [0.717, 1.165) is 23.7 Å². The standard InChI is InChI=1S/C13H14BrClN2O2/c14-7-1-3-10(9(15)5-7)16-13(18)17-11-6-8-2-4-12(11)19-8/h1,3,5,8,11-12H,2,4,6H2,(H2,16,17,18)/t8-,11+,12-/m1/s1. The molecule has 6 heteroatoms. The molecular formula is C13H14BrClN2O2. The maximum Gasteiger partial charge on any atom is 0.319 e. The van der Waals surface area contributed by atoms with Crippen LogP contribution in [0.5, 0.6) is 0 Å². The Balaban J connectivity index is 1.59. The van der Waals surface area contributed by atoms with E-state index in [1.54, 1.807) is 12.1 Å². The van der Waals surface area contributed by atoms with Crippen LogP contribution in [-0.2, 0) is 4.74 Å². The first-order valence-corrected chi connectivity index (χ1v) is 7.47. The summed E-state index contributed by atoms with van der Waals surface area (Å²) in [5.74, 6) is 0. The van der Waals surface area contributed by atoms with Crippen molar-refractivity contribution in [1.82, 2.24) is 5.32 Å². The summed E-state index contributed by atoms with van der Waals surface area (Å²) in [6, 6.07) is 5.24. The molecule has 1 aromatic rings. The Bertz CT molecular complexity index is 511. The van der Waals surface area contributed by atoms with Gasteiger partial charge >= 0.3 is 6.03 Å². The second kappa shape index (κ2) is 5.31. The minimum Gasteiger partial charge on any atom is -0.373 e. The zero-order chi connectivity index (χ0) is 13.4. The lowest BCUT2D eigenvalue weighted by molar-refractivity contribution is 0.0984. The number of amides is 2. The van der Waals surface area contributed by atoms with Gasteiger partial charge in [-0.05, 0) is 37.5 Å². The van der Waals surface area contributed by atoms with E-state index >= 15 is 0 Å². The lowest BCUT2D eigenvalue weighted by atomic mass is 9.96. The molecule has 0 saturated carbocycles. The smallest absolute Gasteiger partial charge is 0.319 e. The highest BCUT2D eigenvalue weighted by Gasteiger charge is 2.41. The van der Waals surface area contributed by atoms with Crippen molar-refractivity contribution in [3.8, 4) is 0 Å². The van der Waals surface area contributed by atoms with E-state index in [2.05, 4.69) is 26.6 Å². The molecule has 2 fully saturated rings. The van der Waals surface area contributed by atoms with E-state index in [9.17, 15) is 4.79 Å². The van der Waals surface area contributed by atoms with E-state index in [-0.39, 0.29) is 18.2 Å². The lowest BCUT2D eigenvalue weighted by Gasteiger charge is -2.20. The van der Waals surface area contributed by atoms with Gasteiger partial charge < -0.3 is 15.4 Å². The van der Waals surface area contributed by atoms with Gasteiger partial charge in [0.2, 0.25) is 0 Å². The van der Waals surface area contributed by atoms with Crippen molar-refractivity contribution in [2.75, 3.05) is 5.32 Å². The van der Waals surface area contributed by atoms with E-state index in [0.29, 0.717) is 16.8 Å². The largest absolute Gasteiger partial charge is 0.373 e. The number of rotatable bonds is 2. The third-order valence-corrected chi connectivity index (χ3v) is 4.41. The summed E-state index contributed by atoms with van der Waals surface area (Å²) < 4.78 is 6.58. The number of anilines is 1. The van der Waals surface area contributed by atoms with Gasteiger partial charge in [-0.15, -0.1) is 0 Å². The van der Waals surface area contributed by atoms with Crippen LogP contribution in [-0.4, -0.2) is 24.3 Å². The number of ether oxygens (including phenoxy) is 1. The molecule has 3 rings (SSSR count). The minimum atomic E-state index is -0.231. The second-order valence-electron chi connectivity index (χ2n) is 4.94. The van der Waals surface area contributed by atoms with Crippen molar-refractivity contribution < 1.29 is 9.53 Å². The van der Waals surface area contributed by atoms with Crippen LogP contribution >= 0.6 is 27.5 Å². The van der Waals surface area contributed by atoms with Crippen LogP contribution in [0.4, 0.5) is 10.5 Å². The maximum absolute atomic E-state index is 11.9. The van der Waals surface area contributed by atoms with Gasteiger partial charge in [0.25, 0.3) is 0 Å². The second-order valence-corrected chi connectivity index (χ2v) is 6.26. The average molecular weight is 346 g/mol. The Kier molecular flexibility index (Phi) is 3.69. The third kappa shape index (κ3) is 2.88. The van der Waals surface area contributed by atoms with Gasteiger partial charge in [-0.3, -0.25) is 0 Å². The number of halogens is 2. The van der Waals surface area contributed by atoms with Gasteiger partial charge in [0.05, 0.1) is 29.0 Å². The van der Waals surface area contributed by atoms with Crippen LogP contribution < -0.4 is 10.6 Å². The fourth-order valence-electron chi connectivity index (χ4n) is 2.71. The predicted molar refractivity (Wildman–Crippen MR) is 77.6 cm³/mol. The summed E-state index contributed by atoms with van der Waals surface area (Å²) in [5, 5.41) is 6.23. The quantitative estimate of drug-likeness (QED) is 0.861. The van der Waals surface area contributed by atoms with E-state index in [1.165, 1.54) is 0 Å². The van der Waals surface area contributed by atoms with Crippen molar-refractivity contribution in [3.05, 3.63) is 27.7 Å². The summed E-state index contributed by atoms with van der Waals surface area (Å²) in [6.07, 6.45) is 3.56. The van der Waals surface area contributed by atoms with E-state index < -0.39 is 0 Å². The van der Waals surface area contributed by atoms with Gasteiger partial charge in [-0.25, -0.2) is 4.79 Å². The SMILES string of the molecule is O=C(Nc1ccc(Br)cc1Cl)N[C@H]1C[C@H]2CC[C@H]1O2. The Morgan fingerprint density at radius 2 is 2.26 bits per heavy atom. The molecule has 0 spiro atoms. The summed E-state index contributed by atoms with van der Waals surface area (Å²) >= 11 is 9.38. The van der Waals surface area contributed by atoms with Gasteiger partial charge in [0.15, 0.2) is 0 Å². The van der Waals surface area contributed by atoms with Crippen LogP contribution in [0.3, 0.4) is 0 Å². The van der Waals surface area contributed by atoms with Crippen molar-refractivity contribution in [2.45, 2.75) is 37.5 Å². The molecule has 102 valence electrons. The lowest BCUT2D eigenvalue weighted by Crippen LogP contribution is -2.43. The molecule has 0 radical (unpaired) electrons. The molecule has 0 aliphatic carbocycles. The van der Waals surface area contributed by atoms with Crippen LogP contribution in [0.1, 0.15) is 19.3 Å². The molecule has 4 nitrogen and oxygen atoms in total. The molecule has 2 N–H and O–H groups in total. The number of hydrogen-bond donors (Lipinski definition) is 2. The van der Waals surface area contributed by atoms with Crippen LogP contribution in [0.25, 0.3) is 0 Å². The normalized spacial score (nSPS) is 28.4. The van der Waals surface area contributed by atoms with Gasteiger partial charge in [-0.1, -0.05) is 27.5 Å². The summed E-state index contributed by atoms with van der Waals surface area (Å²) in [6.45, 7) is 0. The molecule has 0 aromatic heterocycles. The first kappa shape index (κ1) is 13.2. The molecule has 19 heavy (non-hydrogen) atoms. The third-order valence-electron chi connectivity index (χ3n) is 3.60. The van der Waals surface area contributed by atoms with Crippen LogP contribution in [0.2, 0.25) is 5.02 Å². The molecule has 2 aliphatic heterocycles. The fourth-order valence-corrected chi connectivity index (χ4v) is 3.43. The number of hydrogen-bond acceptors (Lipinski definition) is 2. The Morgan fingerprint density at radius 1 is 1.42 bits per heavy atom. The number of benzene rings is 1. The van der Waals surface area contributed by atoms with Gasteiger partial charge in [-0.2, -0.15) is 0 Å². The molecule has 2 aliphatic rings. The Hall–Kier alpha value is -0.780. The number of carbonyl (C=O) groups is 1. The van der Waals surface area contributed by atoms with Gasteiger partial charge in [0, 0.05) is 4.47 Å². The highest BCUT2D eigenvalue weighted by atomic mass is 79.9. The predicted octanol–water partition coefficient (Wildman–Crippen LogP) is 3.54. The number of carbonyl (C=O) groups excluding carboxylic acids is 1. The molecule has 0 unspecified atom stereocenters. The molecular weight excluding hydrogens is 332 g/mol. The Labute approximate surface area is 125 Å². The Morgan fingerprint density at radius 3 is 2.89 bits per heavy atom. The monoisotopic (exact) mass is 344 g/mol. The maximum atomic E-state index is 11.9. The molecule has 2 saturated heterocycles. The first-order chi connectivity index (χ1) is 9.11. The molecule has 3 atom stereocenters. The summed E-state index contributed by atoms with van der Waals surface area (Å²) in [4.78, 5) is 11.9. The zero-order valence-corrected chi connectivity index (χ0v) is 12.5. The van der Waals surface area contributed by atoms with Crippen molar-refractivity contribution in [2.24, 2.45) is 0 Å². The summed E-state index contributed by atoms with van der Waals surface area (Å²) in [5.41, 5.74) is 0.603. The molecule has 2 amide bonds. The topological polar surface area (TPSA) is 50.4 Å². The molecule has 2 heterocycles. The number of fused-ring (bicyclic) bond motifs is 2. The summed E-state index contributed by atoms with van der Waals surface area (Å²) in [7, 11) is 0. The van der Waals surface area contributed by atoms with Gasteiger partial charge in [0.1, 0.15) is 0 Å². The van der Waals surface area contributed by atoms with E-state index in [1.807, 2.05) is 6.07 Å². The van der Waals surface area contributed by atoms with Crippen LogP contribution in [0, 0.1) is 0 Å². The van der Waals surface area contributed by atoms with Crippen molar-refractivity contribution in [3.63, 3.8) is 0 Å². The fraction of sp³-hybridized carbons (Fsp3) is 0.462. The van der Waals surface area contributed by atoms with Crippen LogP contribution in [0.15, 0.2) is 22.7 Å². The molecule has 1 aromatic carbocycles. The number of urea groups is 1. The first-order valence-electron chi connectivity index (χ1n) is 6.30. The highest BCUT2D eigenvalue weighted by molar-refractivity contribution is 9.10. The number of nitrogens with one attached hydrogen (secondary N) is 2. The van der Waals surface area contributed by atoms with Crippen molar-refractivity contribution >= 4 is 39.2 Å². The average Bonchev–Trinajstić information content (AvgIpc) is 2.95. The van der Waals surface area contributed by atoms with E-state index in [4.69, 9.17) is 16.3 Å². The zero-order valence-electron chi connectivity index (χ0n) is 10.2. The minimum absolute atomic E-state index is 0.118.